The molecule has 1 aliphatic carbocycles. The molecule has 0 aliphatic heterocycles. The minimum atomic E-state index is -5.15. The van der Waals surface area contributed by atoms with E-state index in [-0.39, 0.29) is 11.4 Å². The zero-order valence-electron chi connectivity index (χ0n) is 28.2. The molecule has 0 bridgehead atoms. The molecule has 0 amide bonds. The maximum Gasteiger partial charge on any atom is 0.296 e. The van der Waals surface area contributed by atoms with Crippen molar-refractivity contribution in [3.63, 3.8) is 0 Å². The Labute approximate surface area is 312 Å². The highest BCUT2D eigenvalue weighted by molar-refractivity contribution is 7.91. The molecular weight excluding hydrogens is 755 g/mol. The van der Waals surface area contributed by atoms with Gasteiger partial charge in [0.1, 0.15) is 15.5 Å². The van der Waals surface area contributed by atoms with Crippen molar-refractivity contribution in [2.45, 2.75) is 11.8 Å². The van der Waals surface area contributed by atoms with Crippen molar-refractivity contribution >= 4 is 83.3 Å². The van der Waals surface area contributed by atoms with Crippen LogP contribution in [0.1, 0.15) is 21.5 Å². The van der Waals surface area contributed by atoms with Crippen molar-refractivity contribution in [1.82, 2.24) is 0 Å². The molecule has 0 aromatic heterocycles. The number of hydrogen-bond acceptors (Lipinski definition) is 15. The lowest BCUT2D eigenvalue weighted by Crippen LogP contribution is -2.28. The molecule has 6 rings (SSSR count). The van der Waals surface area contributed by atoms with Gasteiger partial charge in [0, 0.05) is 17.8 Å². The molecular formula is C35H27N9O9S2. The molecule has 5 aromatic rings. The number of azo groups is 2. The predicted molar refractivity (Wildman–Crippen MR) is 205 cm³/mol. The van der Waals surface area contributed by atoms with Crippen molar-refractivity contribution in [3.05, 3.63) is 129 Å². The average molecular weight is 782 g/mol. The molecule has 0 radical (unpaired) electrons. The number of rotatable bonds is 10. The number of nitrogens with zero attached hydrogens (tertiary/aromatic N) is 6. The fourth-order valence-electron chi connectivity index (χ4n) is 5.33. The zero-order chi connectivity index (χ0) is 39.7. The molecule has 278 valence electrons. The van der Waals surface area contributed by atoms with Crippen LogP contribution >= 0.6 is 0 Å². The van der Waals surface area contributed by atoms with Crippen molar-refractivity contribution < 1.29 is 35.7 Å². The number of nitro groups is 1. The summed E-state index contributed by atoms with van der Waals surface area (Å²) >= 11 is 0. The van der Waals surface area contributed by atoms with Gasteiger partial charge < -0.3 is 11.5 Å². The Morgan fingerprint density at radius 3 is 1.89 bits per heavy atom. The molecule has 18 nitrogen and oxygen atoms in total. The number of allylic oxidation sites excluding steroid dienone is 1. The monoisotopic (exact) mass is 781 g/mol. The van der Waals surface area contributed by atoms with Gasteiger partial charge in [-0.15, -0.1) is 5.11 Å². The molecule has 0 spiro atoms. The van der Waals surface area contributed by atoms with E-state index in [1.165, 1.54) is 12.1 Å². The summed E-state index contributed by atoms with van der Waals surface area (Å²) in [7, 11) is -10.3. The maximum atomic E-state index is 13.8. The first-order valence-corrected chi connectivity index (χ1v) is 18.5. The number of benzene rings is 5. The molecule has 55 heavy (non-hydrogen) atoms. The van der Waals surface area contributed by atoms with Gasteiger partial charge in [-0.1, -0.05) is 24.3 Å². The third-order valence-electron chi connectivity index (χ3n) is 8.05. The average Bonchev–Trinajstić information content (AvgIpc) is 3.13. The third kappa shape index (κ3) is 8.31. The number of nitrogens with two attached hydrogens (primary N) is 2. The number of hydrazone groups is 1. The lowest BCUT2D eigenvalue weighted by atomic mass is 9.92. The summed E-state index contributed by atoms with van der Waals surface area (Å²) < 4.78 is 69.5. The van der Waals surface area contributed by atoms with E-state index in [2.05, 4.69) is 31.0 Å². The van der Waals surface area contributed by atoms with Gasteiger partial charge in [-0.2, -0.15) is 37.3 Å². The fraction of sp³-hybridized carbons (Fsp3) is 0.0286. The lowest BCUT2D eigenvalue weighted by molar-refractivity contribution is -0.384. The highest BCUT2D eigenvalue weighted by Crippen LogP contribution is 2.41. The van der Waals surface area contributed by atoms with E-state index in [0.29, 0.717) is 22.7 Å². The van der Waals surface area contributed by atoms with Gasteiger partial charge in [0.25, 0.3) is 25.9 Å². The van der Waals surface area contributed by atoms with Crippen molar-refractivity contribution in [2.75, 3.05) is 16.9 Å². The highest BCUT2D eigenvalue weighted by atomic mass is 32.2. The second-order valence-electron chi connectivity index (χ2n) is 11.8. The Morgan fingerprint density at radius 1 is 0.745 bits per heavy atom. The molecule has 0 heterocycles. The Bertz CT molecular complexity index is 2730. The fourth-order valence-corrected chi connectivity index (χ4v) is 6.66. The second-order valence-corrected chi connectivity index (χ2v) is 14.6. The number of nitro benzene ring substituents is 1. The van der Waals surface area contributed by atoms with Crippen LogP contribution in [0.25, 0.3) is 17.2 Å². The van der Waals surface area contributed by atoms with Gasteiger partial charge in [-0.3, -0.25) is 29.4 Å². The van der Waals surface area contributed by atoms with Gasteiger partial charge in [0.2, 0.25) is 5.78 Å². The Kier molecular flexibility index (Phi) is 10.2. The lowest BCUT2D eigenvalue weighted by Gasteiger charge is -2.20. The molecule has 20 heteroatoms. The van der Waals surface area contributed by atoms with Crippen LogP contribution in [-0.4, -0.2) is 42.4 Å². The summed E-state index contributed by atoms with van der Waals surface area (Å²) in [5.41, 5.74) is 16.1. The van der Waals surface area contributed by atoms with Crippen LogP contribution in [-0.2, 0) is 20.2 Å². The minimum Gasteiger partial charge on any atom is -0.399 e. The van der Waals surface area contributed by atoms with Crippen LogP contribution in [0.2, 0.25) is 0 Å². The molecule has 0 fully saturated rings. The second kappa shape index (κ2) is 14.8. The molecule has 0 atom stereocenters. The summed E-state index contributed by atoms with van der Waals surface area (Å²) in [5.74, 6) is -1.15. The Hall–Kier alpha value is -7.00. The summed E-state index contributed by atoms with van der Waals surface area (Å²) in [6.45, 7) is 1.88. The number of hydrogen-bond donors (Lipinski definition) is 5. The molecule has 0 unspecified atom stereocenters. The van der Waals surface area contributed by atoms with E-state index in [1.54, 1.807) is 54.6 Å². The third-order valence-corrected chi connectivity index (χ3v) is 9.79. The first kappa shape index (κ1) is 37.7. The topological polar surface area (TPSA) is 295 Å². The van der Waals surface area contributed by atoms with E-state index in [4.69, 9.17) is 11.5 Å². The van der Waals surface area contributed by atoms with Crippen LogP contribution in [0.4, 0.5) is 45.5 Å². The number of ketones is 1. The summed E-state index contributed by atoms with van der Waals surface area (Å²) in [6, 6.07) is 24.6. The van der Waals surface area contributed by atoms with Crippen LogP contribution in [0.15, 0.2) is 132 Å². The van der Waals surface area contributed by atoms with Gasteiger partial charge >= 0.3 is 0 Å². The number of carbonyl (C=O) groups excluding carboxylic acids is 1. The number of nitrogen functional groups attached to an aromatic ring is 2. The van der Waals surface area contributed by atoms with Gasteiger partial charge in [0.15, 0.2) is 5.71 Å². The highest BCUT2D eigenvalue weighted by Gasteiger charge is 2.37. The Morgan fingerprint density at radius 2 is 1.33 bits per heavy atom. The van der Waals surface area contributed by atoms with Crippen molar-refractivity contribution in [2.24, 2.45) is 25.6 Å². The number of non-ortho nitro benzene ring substituents is 1. The van der Waals surface area contributed by atoms with Gasteiger partial charge in [0.05, 0.1) is 38.9 Å². The number of fused-ring (bicyclic) bond motifs is 1. The SMILES string of the molecule is Cc1cc(N)ccc1N=Nc1ccc(-c2ccc(N/N=C3\C(=O)c4c(cc(S(=O)(=O)O)c(N=Nc5ccc([N+](=O)[O-])cc5)c4N)C=C3S(=O)(=O)O)cc2)cc1. The van der Waals surface area contributed by atoms with Gasteiger partial charge in [-0.25, -0.2) is 0 Å². The first-order valence-electron chi connectivity index (χ1n) is 15.7. The van der Waals surface area contributed by atoms with E-state index in [0.717, 1.165) is 41.0 Å². The first-order chi connectivity index (χ1) is 26.0. The molecule has 0 saturated heterocycles. The van der Waals surface area contributed by atoms with Crippen LogP contribution < -0.4 is 16.9 Å². The van der Waals surface area contributed by atoms with E-state index in [9.17, 15) is 40.8 Å². The number of Topliss-reactive ketones (excluding diaryl/α,β-unsaturated/α-hetero) is 1. The van der Waals surface area contributed by atoms with E-state index >= 15 is 0 Å². The minimum absolute atomic E-state index is 0.0188. The van der Waals surface area contributed by atoms with E-state index in [1.807, 2.05) is 19.1 Å². The molecule has 0 saturated carbocycles. The zero-order valence-corrected chi connectivity index (χ0v) is 29.9. The van der Waals surface area contributed by atoms with Crippen LogP contribution in [0.5, 0.6) is 0 Å². The quantitative estimate of drug-likeness (QED) is 0.0299. The van der Waals surface area contributed by atoms with Crippen LogP contribution in [0.3, 0.4) is 0 Å². The van der Waals surface area contributed by atoms with Crippen LogP contribution in [0, 0.1) is 17.0 Å². The predicted octanol–water partition coefficient (Wildman–Crippen LogP) is 7.71. The molecule has 1 aliphatic rings. The van der Waals surface area contributed by atoms with Crippen molar-refractivity contribution in [1.29, 1.82) is 0 Å². The maximum absolute atomic E-state index is 13.8. The number of carbonyl (C=O) groups is 1. The van der Waals surface area contributed by atoms with Crippen molar-refractivity contribution in [3.8, 4) is 11.1 Å². The molecule has 7 N–H and O–H groups in total. The normalized spacial score (nSPS) is 14.0. The number of nitrogens with one attached hydrogen (secondary N) is 1. The standard InChI is InChI=1S/C35H27N9O9S2/c1-19-16-23(36)6-15-28(19)41-38-24-7-2-20(3-8-24)21-4-9-25(10-5-21)40-43-34-30(55(51,52)53)18-22-17-29(54(48,49)50)33(32(37)31(22)35(34)45)42-39-26-11-13-27(14-12-26)44(46)47/h2-18,40H,36-37H2,1H3,(H,48,49,50)(H,51,52,53)/b41-38?,42-39?,43-34-. The smallest absolute Gasteiger partial charge is 0.296 e. The summed E-state index contributed by atoms with van der Waals surface area (Å²) in [6.07, 6.45) is 0.762. The molecule has 5 aromatic carbocycles. The summed E-state index contributed by atoms with van der Waals surface area (Å²) in [4.78, 5) is 22.2. The number of aryl methyl sites for hydroxylation is 1. The van der Waals surface area contributed by atoms with E-state index < -0.39 is 69.0 Å². The van der Waals surface area contributed by atoms with Gasteiger partial charge in [-0.05, 0) is 95.9 Å². The number of anilines is 3. The Balaban J connectivity index is 1.28. The largest absolute Gasteiger partial charge is 0.399 e. The summed E-state index contributed by atoms with van der Waals surface area (Å²) in [5, 5.41) is 31.1.